The van der Waals surface area contributed by atoms with Crippen LogP contribution in [0.25, 0.3) is 0 Å². The van der Waals surface area contributed by atoms with Crippen LogP contribution in [-0.4, -0.2) is 45.2 Å². The molecule has 6 heteroatoms. The van der Waals surface area contributed by atoms with Crippen LogP contribution in [0.1, 0.15) is 37.5 Å². The summed E-state index contributed by atoms with van der Waals surface area (Å²) in [5.41, 5.74) is 0. The molecule has 0 saturated carbocycles. The van der Waals surface area contributed by atoms with Gasteiger partial charge in [-0.3, -0.25) is 4.79 Å². The van der Waals surface area contributed by atoms with Crippen LogP contribution in [0.4, 0.5) is 0 Å². The zero-order valence-electron chi connectivity index (χ0n) is 10.7. The average Bonchev–Trinajstić information content (AvgIpc) is 2.94. The summed E-state index contributed by atoms with van der Waals surface area (Å²) in [5.74, 6) is 2.21. The minimum atomic E-state index is 0.147. The molecular formula is C12H19N5O. The molecule has 3 heterocycles. The summed E-state index contributed by atoms with van der Waals surface area (Å²) in [6.07, 6.45) is 3.14. The van der Waals surface area contributed by atoms with Crippen molar-refractivity contribution in [3.05, 3.63) is 11.6 Å². The van der Waals surface area contributed by atoms with E-state index in [1.54, 1.807) is 6.92 Å². The Balaban J connectivity index is 1.82. The highest BCUT2D eigenvalue weighted by Gasteiger charge is 2.26. The lowest BCUT2D eigenvalue weighted by molar-refractivity contribution is -0.128. The second-order valence-corrected chi connectivity index (χ2v) is 5.03. The van der Waals surface area contributed by atoms with Crippen molar-refractivity contribution in [3.8, 4) is 0 Å². The number of aromatic nitrogens is 3. The van der Waals surface area contributed by atoms with Crippen LogP contribution < -0.4 is 5.32 Å². The predicted octanol–water partition coefficient (Wildman–Crippen LogP) is 0.107. The maximum Gasteiger partial charge on any atom is 0.219 e. The number of nitrogens with zero attached hydrogens (tertiary/aromatic N) is 4. The maximum atomic E-state index is 11.4. The number of rotatable bonds is 1. The Kier molecular flexibility index (Phi) is 3.03. The van der Waals surface area contributed by atoms with E-state index in [0.717, 1.165) is 50.7 Å². The Morgan fingerprint density at radius 3 is 2.94 bits per heavy atom. The van der Waals surface area contributed by atoms with Crippen LogP contribution in [0.2, 0.25) is 0 Å². The number of carbonyl (C=O) groups is 1. The van der Waals surface area contributed by atoms with Gasteiger partial charge in [0.05, 0.1) is 6.04 Å². The van der Waals surface area contributed by atoms with Gasteiger partial charge in [-0.05, 0) is 19.4 Å². The van der Waals surface area contributed by atoms with E-state index in [9.17, 15) is 4.79 Å². The summed E-state index contributed by atoms with van der Waals surface area (Å²) in [5, 5.41) is 12.1. The lowest BCUT2D eigenvalue weighted by Gasteiger charge is -2.18. The minimum Gasteiger partial charge on any atom is -0.341 e. The minimum absolute atomic E-state index is 0.147. The Hall–Kier alpha value is -1.43. The van der Waals surface area contributed by atoms with E-state index in [4.69, 9.17) is 0 Å². The second kappa shape index (κ2) is 4.68. The molecule has 1 fully saturated rings. The van der Waals surface area contributed by atoms with Gasteiger partial charge in [-0.1, -0.05) is 0 Å². The van der Waals surface area contributed by atoms with Crippen LogP contribution in [0.3, 0.4) is 0 Å². The quantitative estimate of drug-likeness (QED) is 0.767. The number of hydrogen-bond acceptors (Lipinski definition) is 4. The van der Waals surface area contributed by atoms with Crippen molar-refractivity contribution in [3.63, 3.8) is 0 Å². The molecule has 1 aromatic heterocycles. The number of hydrogen-bond donors (Lipinski definition) is 1. The van der Waals surface area contributed by atoms with Crippen molar-refractivity contribution in [1.29, 1.82) is 0 Å². The third-order valence-electron chi connectivity index (χ3n) is 3.87. The number of amides is 1. The van der Waals surface area contributed by atoms with E-state index in [1.165, 1.54) is 6.42 Å². The first-order chi connectivity index (χ1) is 8.75. The lowest BCUT2D eigenvalue weighted by Crippen LogP contribution is -2.31. The molecule has 0 unspecified atom stereocenters. The van der Waals surface area contributed by atoms with Gasteiger partial charge < -0.3 is 14.8 Å². The van der Waals surface area contributed by atoms with Crippen LogP contribution in [-0.2, 0) is 17.8 Å². The Labute approximate surface area is 106 Å². The van der Waals surface area contributed by atoms with Crippen molar-refractivity contribution < 1.29 is 4.79 Å². The fourth-order valence-corrected chi connectivity index (χ4v) is 2.82. The maximum absolute atomic E-state index is 11.4. The molecule has 3 rings (SSSR count). The SMILES string of the molecule is CC(=O)N1CCc2nnc([C@H]3CCCN3)n2CC1. The van der Waals surface area contributed by atoms with E-state index < -0.39 is 0 Å². The zero-order valence-corrected chi connectivity index (χ0v) is 10.7. The fourth-order valence-electron chi connectivity index (χ4n) is 2.82. The van der Waals surface area contributed by atoms with Crippen molar-refractivity contribution >= 4 is 5.91 Å². The zero-order chi connectivity index (χ0) is 12.5. The molecule has 2 aliphatic heterocycles. The van der Waals surface area contributed by atoms with Crippen LogP contribution in [0, 0.1) is 0 Å². The van der Waals surface area contributed by atoms with Gasteiger partial charge >= 0.3 is 0 Å². The van der Waals surface area contributed by atoms with Crippen LogP contribution in [0.5, 0.6) is 0 Å². The van der Waals surface area contributed by atoms with E-state index in [0.29, 0.717) is 6.04 Å². The standard InChI is InChI=1S/C12H19N5O/c1-9(18)16-6-4-11-14-15-12(17(11)8-7-16)10-3-2-5-13-10/h10,13H,2-8H2,1H3/t10-/m1/s1. The third kappa shape index (κ3) is 2.01. The Bertz CT molecular complexity index is 449. The van der Waals surface area contributed by atoms with Gasteiger partial charge in [-0.2, -0.15) is 0 Å². The molecule has 98 valence electrons. The van der Waals surface area contributed by atoms with Gasteiger partial charge in [0.25, 0.3) is 0 Å². The summed E-state index contributed by atoms with van der Waals surface area (Å²) in [4.78, 5) is 13.3. The summed E-state index contributed by atoms with van der Waals surface area (Å²) in [6, 6.07) is 0.343. The van der Waals surface area contributed by atoms with Crippen LogP contribution >= 0.6 is 0 Å². The molecule has 0 spiro atoms. The third-order valence-corrected chi connectivity index (χ3v) is 3.87. The van der Waals surface area contributed by atoms with Gasteiger partial charge in [-0.15, -0.1) is 10.2 Å². The molecule has 0 aromatic carbocycles. The molecule has 2 aliphatic rings. The first-order valence-electron chi connectivity index (χ1n) is 6.66. The Morgan fingerprint density at radius 1 is 1.33 bits per heavy atom. The molecule has 1 saturated heterocycles. The number of carbonyl (C=O) groups excluding carboxylic acids is 1. The predicted molar refractivity (Wildman–Crippen MR) is 66.0 cm³/mol. The molecule has 1 N–H and O–H groups in total. The highest BCUT2D eigenvalue weighted by atomic mass is 16.2. The summed E-state index contributed by atoms with van der Waals surface area (Å²) < 4.78 is 2.20. The molecular weight excluding hydrogens is 230 g/mol. The van der Waals surface area contributed by atoms with E-state index >= 15 is 0 Å². The number of fused-ring (bicyclic) bond motifs is 1. The Morgan fingerprint density at radius 2 is 2.22 bits per heavy atom. The van der Waals surface area contributed by atoms with Gasteiger partial charge in [-0.25, -0.2) is 0 Å². The van der Waals surface area contributed by atoms with Gasteiger partial charge in [0.1, 0.15) is 11.6 Å². The molecule has 6 nitrogen and oxygen atoms in total. The molecule has 0 bridgehead atoms. The largest absolute Gasteiger partial charge is 0.341 e. The van der Waals surface area contributed by atoms with E-state index in [1.807, 2.05) is 4.90 Å². The summed E-state index contributed by atoms with van der Waals surface area (Å²) >= 11 is 0. The second-order valence-electron chi connectivity index (χ2n) is 5.03. The van der Waals surface area contributed by atoms with Gasteiger partial charge in [0.2, 0.25) is 5.91 Å². The lowest BCUT2D eigenvalue weighted by atomic mass is 10.2. The van der Waals surface area contributed by atoms with E-state index in [-0.39, 0.29) is 5.91 Å². The van der Waals surface area contributed by atoms with Crippen molar-refractivity contribution in [2.75, 3.05) is 19.6 Å². The molecule has 0 aliphatic carbocycles. The average molecular weight is 249 g/mol. The van der Waals surface area contributed by atoms with Crippen LogP contribution in [0.15, 0.2) is 0 Å². The smallest absolute Gasteiger partial charge is 0.219 e. The highest BCUT2D eigenvalue weighted by Crippen LogP contribution is 2.23. The first kappa shape index (κ1) is 11.6. The normalized spacial score (nSPS) is 23.8. The van der Waals surface area contributed by atoms with Crippen molar-refractivity contribution in [2.45, 2.75) is 38.8 Å². The first-order valence-corrected chi connectivity index (χ1v) is 6.66. The molecule has 0 radical (unpaired) electrons. The topological polar surface area (TPSA) is 63.1 Å². The molecule has 1 aromatic rings. The molecule has 1 amide bonds. The van der Waals surface area contributed by atoms with Crippen molar-refractivity contribution in [1.82, 2.24) is 25.0 Å². The number of nitrogens with one attached hydrogen (secondary N) is 1. The summed E-state index contributed by atoms with van der Waals surface area (Å²) in [7, 11) is 0. The van der Waals surface area contributed by atoms with Gasteiger partial charge in [0.15, 0.2) is 0 Å². The highest BCUT2D eigenvalue weighted by molar-refractivity contribution is 5.73. The fraction of sp³-hybridized carbons (Fsp3) is 0.750. The molecule has 1 atom stereocenters. The van der Waals surface area contributed by atoms with Crippen molar-refractivity contribution in [2.24, 2.45) is 0 Å². The molecule has 18 heavy (non-hydrogen) atoms. The van der Waals surface area contributed by atoms with Gasteiger partial charge in [0, 0.05) is 33.0 Å². The summed E-state index contributed by atoms with van der Waals surface area (Å²) in [6.45, 7) is 5.03. The monoisotopic (exact) mass is 249 g/mol. The van der Waals surface area contributed by atoms with E-state index in [2.05, 4.69) is 20.1 Å².